The second-order valence-electron chi connectivity index (χ2n) is 6.23. The number of benzene rings is 1. The van der Waals surface area contributed by atoms with Crippen LogP contribution in [0.2, 0.25) is 0 Å². The number of hydrogen-bond acceptors (Lipinski definition) is 5. The normalized spacial score (nSPS) is 13.9. The zero-order valence-electron chi connectivity index (χ0n) is 16.2. The summed E-state index contributed by atoms with van der Waals surface area (Å²) in [4.78, 5) is 63.5. The minimum Gasteiger partial charge on any atom is -0.339 e. The van der Waals surface area contributed by atoms with Crippen molar-refractivity contribution in [2.24, 2.45) is 0 Å². The molecule has 0 radical (unpaired) electrons. The first kappa shape index (κ1) is 21.1. The quantitative estimate of drug-likeness (QED) is 0.534. The predicted molar refractivity (Wildman–Crippen MR) is 101 cm³/mol. The molecule has 0 unspecified atom stereocenters. The highest BCUT2D eigenvalue weighted by Crippen LogP contribution is 2.14. The van der Waals surface area contributed by atoms with Gasteiger partial charge in [0.25, 0.3) is 5.91 Å². The molecule has 1 aliphatic rings. The first-order chi connectivity index (χ1) is 13.3. The molecule has 2 rings (SSSR count). The molecule has 0 saturated carbocycles. The molecule has 1 N–H and O–H groups in total. The van der Waals surface area contributed by atoms with Gasteiger partial charge in [-0.15, -0.1) is 0 Å². The zero-order valence-corrected chi connectivity index (χ0v) is 16.2. The molecule has 1 aliphatic heterocycles. The van der Waals surface area contributed by atoms with Crippen molar-refractivity contribution in [2.75, 3.05) is 31.5 Å². The number of hydrogen-bond donors (Lipinski definition) is 1. The number of urea groups is 1. The molecule has 28 heavy (non-hydrogen) atoms. The summed E-state index contributed by atoms with van der Waals surface area (Å²) in [6.45, 7) is 6.33. The third kappa shape index (κ3) is 4.36. The van der Waals surface area contributed by atoms with Crippen molar-refractivity contribution in [2.45, 2.75) is 27.2 Å². The Kier molecular flexibility index (Phi) is 6.86. The van der Waals surface area contributed by atoms with Gasteiger partial charge in [-0.25, -0.2) is 9.69 Å². The highest BCUT2D eigenvalue weighted by atomic mass is 16.2. The van der Waals surface area contributed by atoms with Gasteiger partial charge in [-0.3, -0.25) is 24.1 Å². The van der Waals surface area contributed by atoms with Gasteiger partial charge >= 0.3 is 17.8 Å². The molecular weight excluding hydrogens is 364 g/mol. The van der Waals surface area contributed by atoms with Crippen LogP contribution in [-0.2, 0) is 14.4 Å². The molecule has 150 valence electrons. The maximum atomic E-state index is 12.3. The Morgan fingerprint density at radius 3 is 2.04 bits per heavy atom. The Balaban J connectivity index is 2.00. The summed E-state index contributed by atoms with van der Waals surface area (Å²) in [6.07, 6.45) is 0.517. The van der Waals surface area contributed by atoms with Crippen molar-refractivity contribution in [3.05, 3.63) is 29.8 Å². The number of nitrogens with one attached hydrogen (secondary N) is 1. The Labute approximate surface area is 163 Å². The molecule has 0 spiro atoms. The highest BCUT2D eigenvalue weighted by Gasteiger charge is 2.44. The molecule has 9 nitrogen and oxygen atoms in total. The van der Waals surface area contributed by atoms with Crippen LogP contribution in [-0.4, -0.2) is 70.5 Å². The number of carbonyl (C=O) groups is 5. The van der Waals surface area contributed by atoms with Gasteiger partial charge in [-0.1, -0.05) is 6.92 Å². The zero-order chi connectivity index (χ0) is 20.8. The number of carbonyl (C=O) groups excluding carboxylic acids is 5. The van der Waals surface area contributed by atoms with E-state index in [9.17, 15) is 24.0 Å². The number of nitrogens with zero attached hydrogens (tertiary/aromatic N) is 3. The number of anilines is 1. The Bertz CT molecular complexity index is 786. The molecule has 0 aromatic heterocycles. The van der Waals surface area contributed by atoms with Crippen LogP contribution in [0.15, 0.2) is 24.3 Å². The van der Waals surface area contributed by atoms with Crippen molar-refractivity contribution in [3.8, 4) is 0 Å². The molecule has 9 heteroatoms. The summed E-state index contributed by atoms with van der Waals surface area (Å²) < 4.78 is 0. The maximum Gasteiger partial charge on any atom is 0.334 e. The van der Waals surface area contributed by atoms with E-state index in [2.05, 4.69) is 5.32 Å². The van der Waals surface area contributed by atoms with Gasteiger partial charge < -0.3 is 10.2 Å². The minimum atomic E-state index is -1.01. The van der Waals surface area contributed by atoms with Gasteiger partial charge in [-0.05, 0) is 44.5 Å². The van der Waals surface area contributed by atoms with Crippen LogP contribution in [0.5, 0.6) is 0 Å². The molecule has 1 saturated heterocycles. The van der Waals surface area contributed by atoms with Crippen molar-refractivity contribution < 1.29 is 24.0 Å². The lowest BCUT2D eigenvalue weighted by atomic mass is 10.1. The molecule has 0 atom stereocenters. The van der Waals surface area contributed by atoms with Gasteiger partial charge in [0.05, 0.1) is 0 Å². The van der Waals surface area contributed by atoms with Crippen LogP contribution >= 0.6 is 0 Å². The minimum absolute atomic E-state index is 0.106. The van der Waals surface area contributed by atoms with E-state index in [1.165, 1.54) is 0 Å². The van der Waals surface area contributed by atoms with Crippen LogP contribution in [0, 0.1) is 0 Å². The fourth-order valence-corrected chi connectivity index (χ4v) is 2.84. The highest BCUT2D eigenvalue weighted by molar-refractivity contribution is 6.45. The van der Waals surface area contributed by atoms with Gasteiger partial charge in [-0.2, -0.15) is 0 Å². The van der Waals surface area contributed by atoms with E-state index >= 15 is 0 Å². The first-order valence-corrected chi connectivity index (χ1v) is 9.20. The Morgan fingerprint density at radius 2 is 1.50 bits per heavy atom. The van der Waals surface area contributed by atoms with E-state index in [-0.39, 0.29) is 12.5 Å². The van der Waals surface area contributed by atoms with Crippen LogP contribution in [0.3, 0.4) is 0 Å². The van der Waals surface area contributed by atoms with Gasteiger partial charge in [0.2, 0.25) is 5.91 Å². The monoisotopic (exact) mass is 388 g/mol. The van der Waals surface area contributed by atoms with Gasteiger partial charge in [0.15, 0.2) is 0 Å². The van der Waals surface area contributed by atoms with Crippen molar-refractivity contribution >= 4 is 35.3 Å². The topological polar surface area (TPSA) is 107 Å². The molecule has 0 aliphatic carbocycles. The third-order valence-corrected chi connectivity index (χ3v) is 4.35. The molecular formula is C19H24N4O5. The SMILES string of the molecule is CCCN1C(=O)C(=O)N(CC(=O)Nc2ccc(C(=O)N(CC)CC)cc2)C1=O. The summed E-state index contributed by atoms with van der Waals surface area (Å²) in [5.41, 5.74) is 0.907. The Hall–Kier alpha value is -3.23. The van der Waals surface area contributed by atoms with Gasteiger partial charge in [0, 0.05) is 30.9 Å². The molecule has 1 fully saturated rings. The number of rotatable bonds is 8. The van der Waals surface area contributed by atoms with Crippen LogP contribution in [0.1, 0.15) is 37.6 Å². The maximum absolute atomic E-state index is 12.3. The van der Waals surface area contributed by atoms with Crippen LogP contribution < -0.4 is 5.32 Å². The summed E-state index contributed by atoms with van der Waals surface area (Å²) in [6, 6.07) is 5.53. The second kappa shape index (κ2) is 9.12. The summed E-state index contributed by atoms with van der Waals surface area (Å²) in [5.74, 6) is -2.64. The molecule has 1 heterocycles. The average Bonchev–Trinajstić information content (AvgIpc) is 2.88. The molecule has 6 amide bonds. The summed E-state index contributed by atoms with van der Waals surface area (Å²) in [5, 5.41) is 2.56. The number of imide groups is 2. The lowest BCUT2D eigenvalue weighted by Crippen LogP contribution is -2.39. The van der Waals surface area contributed by atoms with E-state index < -0.39 is 30.3 Å². The smallest absolute Gasteiger partial charge is 0.334 e. The Morgan fingerprint density at radius 1 is 0.929 bits per heavy atom. The van der Waals surface area contributed by atoms with E-state index in [0.717, 1.165) is 4.90 Å². The van der Waals surface area contributed by atoms with E-state index in [1.54, 1.807) is 36.1 Å². The van der Waals surface area contributed by atoms with E-state index in [0.29, 0.717) is 35.7 Å². The fourth-order valence-electron chi connectivity index (χ4n) is 2.84. The molecule has 0 bridgehead atoms. The van der Waals surface area contributed by atoms with Crippen molar-refractivity contribution in [1.82, 2.24) is 14.7 Å². The first-order valence-electron chi connectivity index (χ1n) is 9.20. The van der Waals surface area contributed by atoms with E-state index in [4.69, 9.17) is 0 Å². The molecule has 1 aromatic carbocycles. The summed E-state index contributed by atoms with van der Waals surface area (Å²) >= 11 is 0. The number of amides is 6. The largest absolute Gasteiger partial charge is 0.339 e. The standard InChI is InChI=1S/C19H24N4O5/c1-4-11-22-17(26)18(27)23(19(22)28)12-15(24)20-14-9-7-13(8-10-14)16(25)21(5-2)6-3/h7-10H,4-6,11-12H2,1-3H3,(H,20,24). The third-order valence-electron chi connectivity index (χ3n) is 4.35. The van der Waals surface area contributed by atoms with Crippen LogP contribution in [0.25, 0.3) is 0 Å². The van der Waals surface area contributed by atoms with Crippen LogP contribution in [0.4, 0.5) is 10.5 Å². The van der Waals surface area contributed by atoms with Gasteiger partial charge in [0.1, 0.15) is 6.54 Å². The average molecular weight is 388 g/mol. The fraction of sp³-hybridized carbons (Fsp3) is 0.421. The van der Waals surface area contributed by atoms with E-state index in [1.807, 2.05) is 13.8 Å². The molecule has 1 aromatic rings. The second-order valence-corrected chi connectivity index (χ2v) is 6.23. The van der Waals surface area contributed by atoms with Crippen molar-refractivity contribution in [3.63, 3.8) is 0 Å². The van der Waals surface area contributed by atoms with Crippen molar-refractivity contribution in [1.29, 1.82) is 0 Å². The lowest BCUT2D eigenvalue weighted by Gasteiger charge is -2.18. The lowest BCUT2D eigenvalue weighted by molar-refractivity contribution is -0.143. The predicted octanol–water partition coefficient (Wildman–Crippen LogP) is 1.31. The summed E-state index contributed by atoms with van der Waals surface area (Å²) in [7, 11) is 0.